The van der Waals surface area contributed by atoms with Crippen LogP contribution < -0.4 is 15.2 Å². The lowest BCUT2D eigenvalue weighted by atomic mass is 9.70. The number of aryl methyl sites for hydroxylation is 1. The van der Waals surface area contributed by atoms with Crippen LogP contribution in [-0.4, -0.2) is 18.7 Å². The SMILES string of the molecule is CCOc1ccc(-c2c(C#N)c(N)nc3c2CC(C(C)(C)C)CC3)cc1OC. The van der Waals surface area contributed by atoms with Crippen molar-refractivity contribution in [2.24, 2.45) is 11.3 Å². The molecule has 1 unspecified atom stereocenters. The number of fused-ring (bicyclic) bond motifs is 1. The molecule has 0 radical (unpaired) electrons. The maximum Gasteiger partial charge on any atom is 0.161 e. The maximum absolute atomic E-state index is 9.83. The second-order valence-corrected chi connectivity index (χ2v) is 8.39. The number of ether oxygens (including phenoxy) is 2. The average molecular weight is 380 g/mol. The summed E-state index contributed by atoms with van der Waals surface area (Å²) in [7, 11) is 1.62. The molecule has 0 spiro atoms. The van der Waals surface area contributed by atoms with Gasteiger partial charge in [0.15, 0.2) is 11.5 Å². The normalized spacial score (nSPS) is 16.2. The van der Waals surface area contributed by atoms with Gasteiger partial charge in [0.05, 0.1) is 13.7 Å². The highest BCUT2D eigenvalue weighted by Gasteiger charge is 2.32. The lowest BCUT2D eigenvalue weighted by molar-refractivity contribution is 0.215. The molecule has 1 aliphatic carbocycles. The Labute approximate surface area is 167 Å². The Hall–Kier alpha value is -2.74. The van der Waals surface area contributed by atoms with Gasteiger partial charge in [-0.25, -0.2) is 4.98 Å². The first kappa shape index (κ1) is 20.0. The highest BCUT2D eigenvalue weighted by molar-refractivity contribution is 5.80. The van der Waals surface area contributed by atoms with E-state index < -0.39 is 0 Å². The molecule has 1 aromatic heterocycles. The van der Waals surface area contributed by atoms with Crippen molar-refractivity contribution in [3.63, 3.8) is 0 Å². The number of nitrogen functional groups attached to an aromatic ring is 1. The molecule has 2 aromatic rings. The monoisotopic (exact) mass is 379 g/mol. The van der Waals surface area contributed by atoms with E-state index in [4.69, 9.17) is 15.2 Å². The van der Waals surface area contributed by atoms with Gasteiger partial charge in [0, 0.05) is 11.3 Å². The van der Waals surface area contributed by atoms with Crippen molar-refractivity contribution >= 4 is 5.82 Å². The number of pyridine rings is 1. The largest absolute Gasteiger partial charge is 0.493 e. The van der Waals surface area contributed by atoms with Crippen molar-refractivity contribution in [2.75, 3.05) is 19.5 Å². The van der Waals surface area contributed by atoms with Crippen LogP contribution in [0.4, 0.5) is 5.82 Å². The third kappa shape index (κ3) is 3.64. The Morgan fingerprint density at radius 2 is 2.04 bits per heavy atom. The van der Waals surface area contributed by atoms with Crippen molar-refractivity contribution in [1.82, 2.24) is 4.98 Å². The third-order valence-corrected chi connectivity index (χ3v) is 5.68. The number of nitriles is 1. The molecular weight excluding hydrogens is 350 g/mol. The van der Waals surface area contributed by atoms with Gasteiger partial charge in [0.1, 0.15) is 17.5 Å². The van der Waals surface area contributed by atoms with Gasteiger partial charge >= 0.3 is 0 Å². The summed E-state index contributed by atoms with van der Waals surface area (Å²) in [5, 5.41) is 9.83. The lowest BCUT2D eigenvalue weighted by Gasteiger charge is -2.35. The first-order valence-corrected chi connectivity index (χ1v) is 9.82. The Morgan fingerprint density at radius 1 is 1.29 bits per heavy atom. The second kappa shape index (κ2) is 7.71. The van der Waals surface area contributed by atoms with Crippen LogP contribution >= 0.6 is 0 Å². The fourth-order valence-corrected chi connectivity index (χ4v) is 4.05. The van der Waals surface area contributed by atoms with Gasteiger partial charge < -0.3 is 15.2 Å². The Morgan fingerprint density at radius 3 is 2.64 bits per heavy atom. The van der Waals surface area contributed by atoms with Crippen LogP contribution in [0.2, 0.25) is 0 Å². The van der Waals surface area contributed by atoms with E-state index in [0.29, 0.717) is 35.4 Å². The van der Waals surface area contributed by atoms with Gasteiger partial charge in [-0.2, -0.15) is 5.26 Å². The molecule has 0 saturated carbocycles. The van der Waals surface area contributed by atoms with Crippen molar-refractivity contribution in [1.29, 1.82) is 5.26 Å². The highest BCUT2D eigenvalue weighted by Crippen LogP contribution is 2.43. The molecule has 1 heterocycles. The molecule has 0 bridgehead atoms. The Bertz CT molecular complexity index is 923. The number of hydrogen-bond donors (Lipinski definition) is 1. The number of methoxy groups -OCH3 is 1. The summed E-state index contributed by atoms with van der Waals surface area (Å²) in [5.74, 6) is 2.17. The molecular formula is C23H29N3O2. The standard InChI is InChI=1S/C23H29N3O2/c1-6-28-19-10-7-14(11-20(19)27-5)21-16-12-15(23(2,3)4)8-9-18(16)26-22(25)17(21)13-24/h7,10-11,15H,6,8-9,12H2,1-5H3,(H2,25,26). The second-order valence-electron chi connectivity index (χ2n) is 8.39. The maximum atomic E-state index is 9.83. The molecule has 0 aliphatic heterocycles. The van der Waals surface area contributed by atoms with Crippen LogP contribution in [-0.2, 0) is 12.8 Å². The van der Waals surface area contributed by atoms with Crippen molar-refractivity contribution in [3.8, 4) is 28.7 Å². The summed E-state index contributed by atoms with van der Waals surface area (Å²) >= 11 is 0. The summed E-state index contributed by atoms with van der Waals surface area (Å²) in [4.78, 5) is 4.58. The molecule has 0 saturated heterocycles. The fourth-order valence-electron chi connectivity index (χ4n) is 4.05. The molecule has 0 fully saturated rings. The predicted molar refractivity (Wildman–Crippen MR) is 111 cm³/mol. The fraction of sp³-hybridized carbons (Fsp3) is 0.478. The summed E-state index contributed by atoms with van der Waals surface area (Å²) in [6.07, 6.45) is 2.86. The number of aromatic nitrogens is 1. The highest BCUT2D eigenvalue weighted by atomic mass is 16.5. The minimum atomic E-state index is 0.194. The van der Waals surface area contributed by atoms with Gasteiger partial charge in [0.25, 0.3) is 0 Å². The summed E-state index contributed by atoms with van der Waals surface area (Å²) < 4.78 is 11.2. The minimum absolute atomic E-state index is 0.194. The van der Waals surface area contributed by atoms with E-state index >= 15 is 0 Å². The molecule has 5 nitrogen and oxygen atoms in total. The molecule has 28 heavy (non-hydrogen) atoms. The van der Waals surface area contributed by atoms with E-state index in [1.165, 1.54) is 0 Å². The number of rotatable bonds is 4. The summed E-state index contributed by atoms with van der Waals surface area (Å²) in [5.41, 5.74) is 10.8. The van der Waals surface area contributed by atoms with Crippen LogP contribution in [0.1, 0.15) is 50.9 Å². The molecule has 1 atom stereocenters. The Kier molecular flexibility index (Phi) is 5.51. The predicted octanol–water partition coefficient (Wildman–Crippen LogP) is 4.76. The molecule has 5 heteroatoms. The van der Waals surface area contributed by atoms with Gasteiger partial charge in [-0.1, -0.05) is 26.8 Å². The molecule has 1 aliphatic rings. The van der Waals surface area contributed by atoms with Crippen molar-refractivity contribution in [2.45, 2.75) is 47.0 Å². The molecule has 0 amide bonds. The average Bonchev–Trinajstić information content (AvgIpc) is 2.66. The van der Waals surface area contributed by atoms with Crippen LogP contribution in [0.15, 0.2) is 18.2 Å². The van der Waals surface area contributed by atoms with Crippen molar-refractivity contribution in [3.05, 3.63) is 35.0 Å². The first-order valence-electron chi connectivity index (χ1n) is 9.82. The van der Waals surface area contributed by atoms with E-state index in [1.807, 2.05) is 25.1 Å². The number of hydrogen-bond acceptors (Lipinski definition) is 5. The summed E-state index contributed by atoms with van der Waals surface area (Å²) in [6.45, 7) is 9.33. The molecule has 1 aromatic carbocycles. The van der Waals surface area contributed by atoms with Crippen LogP contribution in [0.5, 0.6) is 11.5 Å². The Balaban J connectivity index is 2.21. The molecule has 2 N–H and O–H groups in total. The van der Waals surface area contributed by atoms with Gasteiger partial charge in [-0.05, 0) is 60.8 Å². The van der Waals surface area contributed by atoms with E-state index in [0.717, 1.165) is 41.6 Å². The number of benzene rings is 1. The third-order valence-electron chi connectivity index (χ3n) is 5.68. The molecule has 3 rings (SSSR count). The van der Waals surface area contributed by atoms with Crippen molar-refractivity contribution < 1.29 is 9.47 Å². The van der Waals surface area contributed by atoms with E-state index in [-0.39, 0.29) is 5.41 Å². The first-order chi connectivity index (χ1) is 13.3. The molecule has 148 valence electrons. The zero-order valence-electron chi connectivity index (χ0n) is 17.4. The van der Waals surface area contributed by atoms with E-state index in [1.54, 1.807) is 7.11 Å². The quantitative estimate of drug-likeness (QED) is 0.828. The topological polar surface area (TPSA) is 81.2 Å². The minimum Gasteiger partial charge on any atom is -0.493 e. The number of anilines is 1. The van der Waals surface area contributed by atoms with Gasteiger partial charge in [-0.15, -0.1) is 0 Å². The number of nitrogens with zero attached hydrogens (tertiary/aromatic N) is 2. The summed E-state index contributed by atoms with van der Waals surface area (Å²) in [6, 6.07) is 8.09. The van der Waals surface area contributed by atoms with Gasteiger partial charge in [0.2, 0.25) is 0 Å². The smallest absolute Gasteiger partial charge is 0.161 e. The number of nitrogens with two attached hydrogens (primary N) is 1. The van der Waals surface area contributed by atoms with Gasteiger partial charge in [-0.3, -0.25) is 0 Å². The zero-order valence-corrected chi connectivity index (χ0v) is 17.4. The van der Waals surface area contributed by atoms with Crippen LogP contribution in [0.25, 0.3) is 11.1 Å². The lowest BCUT2D eigenvalue weighted by Crippen LogP contribution is -2.28. The van der Waals surface area contributed by atoms with Crippen LogP contribution in [0, 0.1) is 22.7 Å². The zero-order chi connectivity index (χ0) is 20.5. The van der Waals surface area contributed by atoms with Crippen LogP contribution in [0.3, 0.4) is 0 Å². The van der Waals surface area contributed by atoms with E-state index in [9.17, 15) is 5.26 Å². The van der Waals surface area contributed by atoms with E-state index in [2.05, 4.69) is 31.8 Å².